The monoisotopic (exact) mass is 388 g/mol. The van der Waals surface area contributed by atoms with E-state index in [0.29, 0.717) is 24.6 Å². The van der Waals surface area contributed by atoms with Gasteiger partial charge in [0.2, 0.25) is 0 Å². The highest BCUT2D eigenvalue weighted by Gasteiger charge is 2.24. The van der Waals surface area contributed by atoms with E-state index >= 15 is 0 Å². The SMILES string of the molecule is CCc1ccccc1Nc1cc(C(=O)N2CCN(c3ccccn3)CC2)ncn1. The van der Waals surface area contributed by atoms with Gasteiger partial charge in [0.1, 0.15) is 23.7 Å². The van der Waals surface area contributed by atoms with Gasteiger partial charge in [-0.05, 0) is 30.2 Å². The summed E-state index contributed by atoms with van der Waals surface area (Å²) in [7, 11) is 0. The lowest BCUT2D eigenvalue weighted by Gasteiger charge is -2.35. The van der Waals surface area contributed by atoms with E-state index in [4.69, 9.17) is 0 Å². The van der Waals surface area contributed by atoms with Gasteiger partial charge in [0.25, 0.3) is 5.91 Å². The number of benzene rings is 1. The third-order valence-corrected chi connectivity index (χ3v) is 5.09. The Bertz CT molecular complexity index is 970. The van der Waals surface area contributed by atoms with Gasteiger partial charge in [-0.2, -0.15) is 0 Å². The normalized spacial score (nSPS) is 14.0. The number of amides is 1. The van der Waals surface area contributed by atoms with Crippen LogP contribution in [0.2, 0.25) is 0 Å². The number of piperazine rings is 1. The summed E-state index contributed by atoms with van der Waals surface area (Å²) in [6, 6.07) is 15.7. The molecule has 7 nitrogen and oxygen atoms in total. The van der Waals surface area contributed by atoms with Crippen LogP contribution in [0.1, 0.15) is 23.0 Å². The van der Waals surface area contributed by atoms with Gasteiger partial charge in [-0.15, -0.1) is 0 Å². The fourth-order valence-electron chi connectivity index (χ4n) is 3.47. The number of nitrogens with one attached hydrogen (secondary N) is 1. The number of carbonyl (C=O) groups is 1. The third-order valence-electron chi connectivity index (χ3n) is 5.09. The first-order valence-electron chi connectivity index (χ1n) is 9.87. The number of carbonyl (C=O) groups excluding carboxylic acids is 1. The van der Waals surface area contributed by atoms with Crippen molar-refractivity contribution >= 4 is 23.2 Å². The standard InChI is InChI=1S/C22H24N6O/c1-2-17-7-3-4-8-18(17)26-20-15-19(24-16-25-20)22(29)28-13-11-27(12-14-28)21-9-5-6-10-23-21/h3-10,15-16H,2,11-14H2,1H3,(H,24,25,26). The smallest absolute Gasteiger partial charge is 0.272 e. The van der Waals surface area contributed by atoms with Crippen LogP contribution in [-0.2, 0) is 6.42 Å². The molecule has 0 radical (unpaired) electrons. The Morgan fingerprint density at radius 1 is 1.00 bits per heavy atom. The Balaban J connectivity index is 1.43. The average Bonchev–Trinajstić information content (AvgIpc) is 2.80. The summed E-state index contributed by atoms with van der Waals surface area (Å²) in [6.45, 7) is 4.90. The second-order valence-electron chi connectivity index (χ2n) is 6.89. The van der Waals surface area contributed by atoms with Gasteiger partial charge in [-0.1, -0.05) is 31.2 Å². The lowest BCUT2D eigenvalue weighted by molar-refractivity contribution is 0.0740. The first-order chi connectivity index (χ1) is 14.2. The maximum atomic E-state index is 12.9. The van der Waals surface area contributed by atoms with Crippen molar-refractivity contribution in [3.63, 3.8) is 0 Å². The van der Waals surface area contributed by atoms with Crippen LogP contribution in [0.5, 0.6) is 0 Å². The summed E-state index contributed by atoms with van der Waals surface area (Å²) >= 11 is 0. The predicted molar refractivity (Wildman–Crippen MR) is 113 cm³/mol. The van der Waals surface area contributed by atoms with Gasteiger partial charge in [0.05, 0.1) is 0 Å². The molecule has 2 aromatic heterocycles. The summed E-state index contributed by atoms with van der Waals surface area (Å²) in [5.74, 6) is 1.50. The summed E-state index contributed by atoms with van der Waals surface area (Å²) in [5.41, 5.74) is 2.60. The number of anilines is 3. The molecule has 29 heavy (non-hydrogen) atoms. The van der Waals surface area contributed by atoms with E-state index in [1.807, 2.05) is 41.3 Å². The molecule has 148 valence electrons. The summed E-state index contributed by atoms with van der Waals surface area (Å²) in [4.78, 5) is 29.9. The maximum Gasteiger partial charge on any atom is 0.272 e. The number of para-hydroxylation sites is 1. The lowest BCUT2D eigenvalue weighted by Crippen LogP contribution is -2.49. The van der Waals surface area contributed by atoms with Crippen LogP contribution in [0.15, 0.2) is 61.1 Å². The van der Waals surface area contributed by atoms with Crippen molar-refractivity contribution in [2.45, 2.75) is 13.3 Å². The van der Waals surface area contributed by atoms with E-state index < -0.39 is 0 Å². The first-order valence-corrected chi connectivity index (χ1v) is 9.87. The first kappa shape index (κ1) is 18.9. The highest BCUT2D eigenvalue weighted by Crippen LogP contribution is 2.21. The van der Waals surface area contributed by atoms with Crippen molar-refractivity contribution in [2.75, 3.05) is 36.4 Å². The molecule has 0 unspecified atom stereocenters. The Hall–Kier alpha value is -3.48. The molecule has 1 saturated heterocycles. The number of aromatic nitrogens is 3. The van der Waals surface area contributed by atoms with Crippen LogP contribution < -0.4 is 10.2 Å². The van der Waals surface area contributed by atoms with Crippen LogP contribution in [-0.4, -0.2) is 51.9 Å². The minimum absolute atomic E-state index is 0.0695. The summed E-state index contributed by atoms with van der Waals surface area (Å²) < 4.78 is 0. The van der Waals surface area contributed by atoms with Crippen molar-refractivity contribution in [1.82, 2.24) is 19.9 Å². The topological polar surface area (TPSA) is 74.2 Å². The van der Waals surface area contributed by atoms with Gasteiger partial charge >= 0.3 is 0 Å². The molecule has 1 fully saturated rings. The number of hydrogen-bond acceptors (Lipinski definition) is 6. The average molecular weight is 388 g/mol. The molecule has 0 saturated carbocycles. The molecule has 0 aliphatic carbocycles. The molecule has 1 aromatic carbocycles. The van der Waals surface area contributed by atoms with Crippen molar-refractivity contribution in [3.8, 4) is 0 Å². The molecular formula is C22H24N6O. The number of nitrogens with zero attached hydrogens (tertiary/aromatic N) is 5. The number of aryl methyl sites for hydroxylation is 1. The van der Waals surface area contributed by atoms with E-state index in [1.165, 1.54) is 11.9 Å². The minimum Gasteiger partial charge on any atom is -0.353 e. The van der Waals surface area contributed by atoms with Gasteiger partial charge in [-0.25, -0.2) is 15.0 Å². The van der Waals surface area contributed by atoms with E-state index in [-0.39, 0.29) is 5.91 Å². The van der Waals surface area contributed by atoms with Gasteiger partial charge in [0.15, 0.2) is 0 Å². The molecule has 0 bridgehead atoms. The second-order valence-corrected chi connectivity index (χ2v) is 6.89. The van der Waals surface area contributed by atoms with E-state index in [0.717, 1.165) is 31.0 Å². The Labute approximate surface area is 170 Å². The maximum absolute atomic E-state index is 12.9. The zero-order valence-electron chi connectivity index (χ0n) is 16.5. The van der Waals surface area contributed by atoms with E-state index in [1.54, 1.807) is 12.3 Å². The van der Waals surface area contributed by atoms with Crippen LogP contribution >= 0.6 is 0 Å². The molecule has 1 aliphatic rings. The Morgan fingerprint density at radius 2 is 1.79 bits per heavy atom. The lowest BCUT2D eigenvalue weighted by atomic mass is 10.1. The fourth-order valence-corrected chi connectivity index (χ4v) is 3.47. The number of rotatable bonds is 5. The predicted octanol–water partition coefficient (Wildman–Crippen LogP) is 3.14. The van der Waals surface area contributed by atoms with E-state index in [2.05, 4.69) is 38.2 Å². The molecule has 7 heteroatoms. The zero-order valence-corrected chi connectivity index (χ0v) is 16.5. The minimum atomic E-state index is -0.0695. The Morgan fingerprint density at radius 3 is 2.55 bits per heavy atom. The molecule has 4 rings (SSSR count). The number of hydrogen-bond donors (Lipinski definition) is 1. The highest BCUT2D eigenvalue weighted by molar-refractivity contribution is 5.93. The molecule has 3 heterocycles. The molecule has 1 N–H and O–H groups in total. The van der Waals surface area contributed by atoms with Crippen LogP contribution in [0, 0.1) is 0 Å². The van der Waals surface area contributed by atoms with Crippen LogP contribution in [0.3, 0.4) is 0 Å². The fraction of sp³-hybridized carbons (Fsp3) is 0.273. The molecular weight excluding hydrogens is 364 g/mol. The van der Waals surface area contributed by atoms with Gasteiger partial charge in [-0.3, -0.25) is 4.79 Å². The molecule has 3 aromatic rings. The summed E-state index contributed by atoms with van der Waals surface area (Å²) in [5, 5.41) is 3.31. The van der Waals surface area contributed by atoms with Gasteiger partial charge in [0, 0.05) is 44.1 Å². The van der Waals surface area contributed by atoms with E-state index in [9.17, 15) is 4.79 Å². The molecule has 0 atom stereocenters. The van der Waals surface area contributed by atoms with Crippen molar-refractivity contribution < 1.29 is 4.79 Å². The van der Waals surface area contributed by atoms with Crippen molar-refractivity contribution in [2.24, 2.45) is 0 Å². The highest BCUT2D eigenvalue weighted by atomic mass is 16.2. The van der Waals surface area contributed by atoms with Crippen LogP contribution in [0.4, 0.5) is 17.3 Å². The van der Waals surface area contributed by atoms with Gasteiger partial charge < -0.3 is 15.1 Å². The Kier molecular flexibility index (Phi) is 5.65. The quantitative estimate of drug-likeness (QED) is 0.724. The van der Waals surface area contributed by atoms with Crippen molar-refractivity contribution in [1.29, 1.82) is 0 Å². The van der Waals surface area contributed by atoms with Crippen LogP contribution in [0.25, 0.3) is 0 Å². The summed E-state index contributed by atoms with van der Waals surface area (Å²) in [6.07, 6.45) is 4.15. The number of pyridine rings is 1. The van der Waals surface area contributed by atoms with Crippen molar-refractivity contribution in [3.05, 3.63) is 72.3 Å². The molecule has 0 spiro atoms. The zero-order chi connectivity index (χ0) is 20.1. The largest absolute Gasteiger partial charge is 0.353 e. The second kappa shape index (κ2) is 8.68. The molecule has 1 aliphatic heterocycles. The third kappa shape index (κ3) is 4.34. The molecule has 1 amide bonds.